The highest BCUT2D eigenvalue weighted by molar-refractivity contribution is 9.11. The summed E-state index contributed by atoms with van der Waals surface area (Å²) in [6.07, 6.45) is 1.55. The van der Waals surface area contributed by atoms with Crippen LogP contribution in [-0.2, 0) is 4.79 Å². The van der Waals surface area contributed by atoms with Crippen molar-refractivity contribution >= 4 is 60.4 Å². The standard InChI is InChI=1S/C20H17Br2N3O2/c1-27-20-14(9-15(21)10-17(20)22)11-24-25-19(26)12-23-18-8-4-6-13-5-2-3-7-16(13)18/h2-11,23H,12H2,1H3,(H,25,26). The molecule has 0 radical (unpaired) electrons. The summed E-state index contributed by atoms with van der Waals surface area (Å²) >= 11 is 6.86. The van der Waals surface area contributed by atoms with Gasteiger partial charge in [-0.2, -0.15) is 5.10 Å². The molecule has 27 heavy (non-hydrogen) atoms. The molecule has 0 heterocycles. The number of hydrogen-bond donors (Lipinski definition) is 2. The maximum Gasteiger partial charge on any atom is 0.259 e. The molecule has 0 aliphatic heterocycles. The van der Waals surface area contributed by atoms with Crippen LogP contribution >= 0.6 is 31.9 Å². The molecule has 0 fully saturated rings. The Morgan fingerprint density at radius 1 is 1.15 bits per heavy atom. The number of nitrogens with one attached hydrogen (secondary N) is 2. The van der Waals surface area contributed by atoms with Crippen LogP contribution in [0.5, 0.6) is 5.75 Å². The molecule has 0 spiro atoms. The molecule has 5 nitrogen and oxygen atoms in total. The van der Waals surface area contributed by atoms with Gasteiger partial charge in [0.1, 0.15) is 5.75 Å². The summed E-state index contributed by atoms with van der Waals surface area (Å²) in [4.78, 5) is 12.1. The van der Waals surface area contributed by atoms with E-state index < -0.39 is 0 Å². The minimum atomic E-state index is -0.243. The van der Waals surface area contributed by atoms with Crippen LogP contribution in [0, 0.1) is 0 Å². The number of fused-ring (bicyclic) bond motifs is 1. The minimum absolute atomic E-state index is 0.116. The average Bonchev–Trinajstić information content (AvgIpc) is 2.66. The first-order valence-corrected chi connectivity index (χ1v) is 9.73. The van der Waals surface area contributed by atoms with Crippen molar-refractivity contribution in [3.05, 3.63) is 69.1 Å². The molecule has 1 amide bonds. The largest absolute Gasteiger partial charge is 0.495 e. The molecule has 0 unspecified atom stereocenters. The number of carbonyl (C=O) groups excluding carboxylic acids is 1. The van der Waals surface area contributed by atoms with Crippen LogP contribution in [0.3, 0.4) is 0 Å². The van der Waals surface area contributed by atoms with Crippen molar-refractivity contribution in [3.8, 4) is 5.75 Å². The van der Waals surface area contributed by atoms with Crippen molar-refractivity contribution in [1.29, 1.82) is 0 Å². The molecule has 0 saturated carbocycles. The fourth-order valence-corrected chi connectivity index (χ4v) is 4.08. The van der Waals surface area contributed by atoms with Gasteiger partial charge < -0.3 is 10.1 Å². The number of hydrazone groups is 1. The predicted octanol–water partition coefficient (Wildman–Crippen LogP) is 4.94. The third-order valence-corrected chi connectivity index (χ3v) is 4.91. The van der Waals surface area contributed by atoms with E-state index >= 15 is 0 Å². The molecule has 0 aliphatic carbocycles. The molecule has 0 saturated heterocycles. The molecule has 0 aliphatic rings. The van der Waals surface area contributed by atoms with E-state index in [-0.39, 0.29) is 12.5 Å². The Morgan fingerprint density at radius 2 is 1.93 bits per heavy atom. The molecule has 0 aromatic heterocycles. The molecule has 138 valence electrons. The molecule has 3 rings (SSSR count). The highest BCUT2D eigenvalue weighted by atomic mass is 79.9. The highest BCUT2D eigenvalue weighted by Gasteiger charge is 2.08. The van der Waals surface area contributed by atoms with E-state index in [2.05, 4.69) is 47.7 Å². The van der Waals surface area contributed by atoms with Gasteiger partial charge in [-0.25, -0.2) is 5.43 Å². The minimum Gasteiger partial charge on any atom is -0.495 e. The third kappa shape index (κ3) is 4.87. The maximum absolute atomic E-state index is 12.1. The van der Waals surface area contributed by atoms with E-state index in [1.807, 2.05) is 54.6 Å². The number of anilines is 1. The second-order valence-corrected chi connectivity index (χ2v) is 7.45. The Hall–Kier alpha value is -2.38. The van der Waals surface area contributed by atoms with E-state index in [0.29, 0.717) is 5.75 Å². The lowest BCUT2D eigenvalue weighted by Crippen LogP contribution is -2.26. The van der Waals surface area contributed by atoms with Crippen molar-refractivity contribution in [1.82, 2.24) is 5.43 Å². The van der Waals surface area contributed by atoms with Gasteiger partial charge >= 0.3 is 0 Å². The monoisotopic (exact) mass is 489 g/mol. The zero-order valence-electron chi connectivity index (χ0n) is 14.5. The van der Waals surface area contributed by atoms with Crippen LogP contribution in [0.2, 0.25) is 0 Å². The number of hydrogen-bond acceptors (Lipinski definition) is 4. The Balaban J connectivity index is 1.63. The summed E-state index contributed by atoms with van der Waals surface area (Å²) in [6.45, 7) is 0.116. The van der Waals surface area contributed by atoms with Crippen LogP contribution in [0.4, 0.5) is 5.69 Å². The van der Waals surface area contributed by atoms with Crippen LogP contribution in [0.25, 0.3) is 10.8 Å². The van der Waals surface area contributed by atoms with E-state index in [9.17, 15) is 4.79 Å². The fraction of sp³-hybridized carbons (Fsp3) is 0.100. The first-order valence-electron chi connectivity index (χ1n) is 8.15. The first-order chi connectivity index (χ1) is 13.1. The van der Waals surface area contributed by atoms with Crippen LogP contribution < -0.4 is 15.5 Å². The Kier molecular flexibility index (Phi) is 6.47. The summed E-state index contributed by atoms with van der Waals surface area (Å²) in [7, 11) is 1.58. The van der Waals surface area contributed by atoms with Crippen molar-refractivity contribution in [3.63, 3.8) is 0 Å². The van der Waals surface area contributed by atoms with Gasteiger partial charge in [0, 0.05) is 21.1 Å². The molecular weight excluding hydrogens is 474 g/mol. The highest BCUT2D eigenvalue weighted by Crippen LogP contribution is 2.31. The SMILES string of the molecule is COc1c(Br)cc(Br)cc1C=NNC(=O)CNc1cccc2ccccc12. The number of rotatable bonds is 6. The van der Waals surface area contributed by atoms with E-state index in [0.717, 1.165) is 31.0 Å². The van der Waals surface area contributed by atoms with Gasteiger partial charge in [0.25, 0.3) is 5.91 Å². The lowest BCUT2D eigenvalue weighted by atomic mass is 10.1. The summed E-state index contributed by atoms with van der Waals surface area (Å²) in [5, 5.41) is 9.36. The van der Waals surface area contributed by atoms with E-state index in [4.69, 9.17) is 4.74 Å². The lowest BCUT2D eigenvalue weighted by molar-refractivity contribution is -0.119. The molecule has 7 heteroatoms. The van der Waals surface area contributed by atoms with Crippen LogP contribution in [0.1, 0.15) is 5.56 Å². The Labute approximate surface area is 174 Å². The van der Waals surface area contributed by atoms with E-state index in [1.54, 1.807) is 13.3 Å². The predicted molar refractivity (Wildman–Crippen MR) is 117 cm³/mol. The molecule has 3 aromatic carbocycles. The van der Waals surface area contributed by atoms with Crippen molar-refractivity contribution in [2.45, 2.75) is 0 Å². The van der Waals surface area contributed by atoms with Crippen molar-refractivity contribution in [2.75, 3.05) is 19.0 Å². The second-order valence-electron chi connectivity index (χ2n) is 5.68. The quantitative estimate of drug-likeness (QED) is 0.380. The molecule has 2 N–H and O–H groups in total. The second kappa shape index (κ2) is 9.01. The number of methoxy groups -OCH3 is 1. The zero-order chi connectivity index (χ0) is 19.2. The summed E-state index contributed by atoms with van der Waals surface area (Å²) in [6, 6.07) is 17.7. The molecule has 3 aromatic rings. The smallest absolute Gasteiger partial charge is 0.259 e. The first kappa shape index (κ1) is 19.4. The zero-order valence-corrected chi connectivity index (χ0v) is 17.7. The molecule has 0 atom stereocenters. The maximum atomic E-state index is 12.1. The van der Waals surface area contributed by atoms with Gasteiger partial charge in [0.15, 0.2) is 0 Å². The van der Waals surface area contributed by atoms with E-state index in [1.165, 1.54) is 0 Å². The number of benzene rings is 3. The summed E-state index contributed by atoms with van der Waals surface area (Å²) in [5.41, 5.74) is 4.17. The number of ether oxygens (including phenoxy) is 1. The van der Waals surface area contributed by atoms with Crippen molar-refractivity contribution < 1.29 is 9.53 Å². The van der Waals surface area contributed by atoms with Crippen LogP contribution in [0.15, 0.2) is 68.6 Å². The Morgan fingerprint density at radius 3 is 2.74 bits per heavy atom. The van der Waals surface area contributed by atoms with Gasteiger partial charge in [0.2, 0.25) is 0 Å². The normalized spacial score (nSPS) is 10.9. The number of amides is 1. The van der Waals surface area contributed by atoms with Crippen LogP contribution in [-0.4, -0.2) is 25.8 Å². The third-order valence-electron chi connectivity index (χ3n) is 3.86. The Bertz CT molecular complexity index is 1000. The van der Waals surface area contributed by atoms with Gasteiger partial charge in [-0.15, -0.1) is 0 Å². The number of halogens is 2. The molecular formula is C20H17Br2N3O2. The lowest BCUT2D eigenvalue weighted by Gasteiger charge is -2.09. The van der Waals surface area contributed by atoms with Crippen molar-refractivity contribution in [2.24, 2.45) is 5.10 Å². The number of carbonyl (C=O) groups is 1. The van der Waals surface area contributed by atoms with Gasteiger partial charge in [-0.3, -0.25) is 4.79 Å². The fourth-order valence-electron chi connectivity index (χ4n) is 2.66. The van der Waals surface area contributed by atoms with Gasteiger partial charge in [0.05, 0.1) is 24.3 Å². The average molecular weight is 491 g/mol. The number of nitrogens with zero attached hydrogens (tertiary/aromatic N) is 1. The topological polar surface area (TPSA) is 62.7 Å². The molecule has 0 bridgehead atoms. The van der Waals surface area contributed by atoms with Gasteiger partial charge in [-0.05, 0) is 39.5 Å². The summed E-state index contributed by atoms with van der Waals surface area (Å²) in [5.74, 6) is 0.400. The summed E-state index contributed by atoms with van der Waals surface area (Å²) < 4.78 is 7.02. The van der Waals surface area contributed by atoms with Gasteiger partial charge in [-0.1, -0.05) is 52.3 Å².